The Morgan fingerprint density at radius 3 is 3.11 bits per heavy atom. The molecule has 1 aromatic heterocycles. The molecule has 4 nitrogen and oxygen atoms in total. The average Bonchev–Trinajstić information content (AvgIpc) is 3.12. The predicted molar refractivity (Wildman–Crippen MR) is 76.1 cm³/mol. The first-order valence-electron chi connectivity index (χ1n) is 6.44. The monoisotopic (exact) mass is 278 g/mol. The number of nitrogens with two attached hydrogens (primary N) is 1. The summed E-state index contributed by atoms with van der Waals surface area (Å²) in [6.07, 6.45) is 2.57. The molecular formula is C14H18N2O2S. The Bertz CT molecular complexity index is 483. The quantitative estimate of drug-likeness (QED) is 0.607. The Kier molecular flexibility index (Phi) is 5.40. The summed E-state index contributed by atoms with van der Waals surface area (Å²) in [4.78, 5) is 13.3. The molecule has 0 radical (unpaired) electrons. The number of rotatable bonds is 6. The summed E-state index contributed by atoms with van der Waals surface area (Å²) in [6.45, 7) is 2.28. The van der Waals surface area contributed by atoms with Gasteiger partial charge in [-0.2, -0.15) is 0 Å². The number of carbonyl (C=O) groups excluding carboxylic acids is 1. The van der Waals surface area contributed by atoms with E-state index < -0.39 is 0 Å². The molecule has 0 bridgehead atoms. The molecule has 1 amide bonds. The second kappa shape index (κ2) is 7.29. The van der Waals surface area contributed by atoms with Crippen molar-refractivity contribution >= 4 is 17.2 Å². The fourth-order valence-electron chi connectivity index (χ4n) is 1.52. The second-order valence-electron chi connectivity index (χ2n) is 4.44. The number of hydrogen-bond donors (Lipinski definition) is 2. The van der Waals surface area contributed by atoms with Crippen molar-refractivity contribution in [2.24, 2.45) is 11.7 Å². The first-order valence-corrected chi connectivity index (χ1v) is 7.26. The number of hydrogen-bond acceptors (Lipinski definition) is 4. The van der Waals surface area contributed by atoms with Gasteiger partial charge in [-0.15, -0.1) is 11.3 Å². The lowest BCUT2D eigenvalue weighted by atomic mass is 10.4. The Morgan fingerprint density at radius 2 is 2.37 bits per heavy atom. The summed E-state index contributed by atoms with van der Waals surface area (Å²) >= 11 is 1.38. The topological polar surface area (TPSA) is 64.4 Å². The zero-order valence-electron chi connectivity index (χ0n) is 10.8. The van der Waals surface area contributed by atoms with E-state index in [-0.39, 0.29) is 5.91 Å². The smallest absolute Gasteiger partial charge is 0.261 e. The molecule has 5 heteroatoms. The third kappa shape index (κ3) is 5.03. The fraction of sp³-hybridized carbons (Fsp3) is 0.500. The molecule has 1 saturated carbocycles. The van der Waals surface area contributed by atoms with Crippen molar-refractivity contribution in [3.05, 3.63) is 21.9 Å². The lowest BCUT2D eigenvalue weighted by Gasteiger charge is -2.04. The summed E-state index contributed by atoms with van der Waals surface area (Å²) in [5, 5.41) is 2.84. The average molecular weight is 278 g/mol. The van der Waals surface area contributed by atoms with Crippen LogP contribution < -0.4 is 11.1 Å². The Labute approximate surface area is 117 Å². The number of thiophene rings is 1. The summed E-state index contributed by atoms with van der Waals surface area (Å²) in [7, 11) is 0. The summed E-state index contributed by atoms with van der Waals surface area (Å²) in [5.41, 5.74) is 5.30. The van der Waals surface area contributed by atoms with Gasteiger partial charge in [0.2, 0.25) is 0 Å². The predicted octanol–water partition coefficient (Wildman–Crippen LogP) is 1.21. The Hall–Kier alpha value is -1.35. The first kappa shape index (κ1) is 14.1. The molecule has 0 aliphatic heterocycles. The van der Waals surface area contributed by atoms with Gasteiger partial charge in [-0.25, -0.2) is 0 Å². The molecule has 1 aliphatic rings. The highest BCUT2D eigenvalue weighted by molar-refractivity contribution is 7.14. The second-order valence-corrected chi connectivity index (χ2v) is 5.53. The van der Waals surface area contributed by atoms with Crippen LogP contribution in [-0.2, 0) is 4.74 Å². The Balaban J connectivity index is 1.68. The van der Waals surface area contributed by atoms with Crippen molar-refractivity contribution in [2.45, 2.75) is 12.8 Å². The van der Waals surface area contributed by atoms with Crippen LogP contribution in [0.5, 0.6) is 0 Å². The van der Waals surface area contributed by atoms with Gasteiger partial charge in [-0.3, -0.25) is 4.79 Å². The first-order chi connectivity index (χ1) is 9.29. The van der Waals surface area contributed by atoms with E-state index in [1.165, 1.54) is 24.2 Å². The highest BCUT2D eigenvalue weighted by Crippen LogP contribution is 2.28. The number of nitrogens with one attached hydrogen (secondary N) is 1. The zero-order valence-corrected chi connectivity index (χ0v) is 11.6. The van der Waals surface area contributed by atoms with Crippen LogP contribution in [0.25, 0.3) is 0 Å². The highest BCUT2D eigenvalue weighted by Gasteiger charge is 2.20. The van der Waals surface area contributed by atoms with Gasteiger partial charge in [0.15, 0.2) is 0 Å². The molecule has 0 atom stereocenters. The van der Waals surface area contributed by atoms with Gasteiger partial charge in [-0.1, -0.05) is 11.8 Å². The minimum absolute atomic E-state index is 0.0687. The van der Waals surface area contributed by atoms with E-state index in [2.05, 4.69) is 17.2 Å². The normalized spacial score (nSPS) is 13.7. The van der Waals surface area contributed by atoms with Crippen molar-refractivity contribution in [2.75, 3.05) is 26.3 Å². The fourth-order valence-corrected chi connectivity index (χ4v) is 2.32. The third-order valence-corrected chi connectivity index (χ3v) is 3.73. The van der Waals surface area contributed by atoms with Crippen LogP contribution in [0.3, 0.4) is 0 Å². The third-order valence-electron chi connectivity index (χ3n) is 2.73. The molecule has 0 unspecified atom stereocenters. The molecule has 102 valence electrons. The van der Waals surface area contributed by atoms with Gasteiger partial charge in [-0.05, 0) is 30.9 Å². The number of amides is 1. The van der Waals surface area contributed by atoms with E-state index >= 15 is 0 Å². The van der Waals surface area contributed by atoms with Crippen molar-refractivity contribution in [3.8, 4) is 11.8 Å². The zero-order chi connectivity index (χ0) is 13.5. The number of carbonyl (C=O) groups is 1. The van der Waals surface area contributed by atoms with E-state index in [4.69, 9.17) is 10.5 Å². The van der Waals surface area contributed by atoms with Crippen molar-refractivity contribution in [1.29, 1.82) is 0 Å². The van der Waals surface area contributed by atoms with E-state index in [9.17, 15) is 4.79 Å². The van der Waals surface area contributed by atoms with Crippen molar-refractivity contribution in [3.63, 3.8) is 0 Å². The van der Waals surface area contributed by atoms with Gasteiger partial charge >= 0.3 is 0 Å². The van der Waals surface area contributed by atoms with Crippen LogP contribution in [0.15, 0.2) is 12.1 Å². The summed E-state index contributed by atoms with van der Waals surface area (Å²) in [6, 6.07) is 3.62. The standard InChI is InChI=1S/C14H18N2O2S/c15-7-1-2-12-5-6-13(19-12)14(17)16-8-9-18-10-11-3-4-11/h5-6,11H,3-4,7-10,15H2,(H,16,17). The maximum atomic E-state index is 11.8. The van der Waals surface area contributed by atoms with Crippen LogP contribution in [0.2, 0.25) is 0 Å². The molecule has 1 heterocycles. The summed E-state index contributed by atoms with van der Waals surface area (Å²) < 4.78 is 5.45. The molecule has 0 saturated heterocycles. The van der Waals surface area contributed by atoms with E-state index in [0.717, 1.165) is 17.4 Å². The van der Waals surface area contributed by atoms with E-state index in [1.807, 2.05) is 6.07 Å². The largest absolute Gasteiger partial charge is 0.379 e. The maximum Gasteiger partial charge on any atom is 0.261 e. The molecule has 0 aromatic carbocycles. The lowest BCUT2D eigenvalue weighted by Crippen LogP contribution is -2.26. The van der Waals surface area contributed by atoms with Crippen LogP contribution >= 0.6 is 11.3 Å². The van der Waals surface area contributed by atoms with Crippen molar-refractivity contribution < 1.29 is 9.53 Å². The molecule has 3 N–H and O–H groups in total. The molecule has 19 heavy (non-hydrogen) atoms. The SMILES string of the molecule is NCC#Cc1ccc(C(=O)NCCOCC2CC2)s1. The summed E-state index contributed by atoms with van der Waals surface area (Å²) in [5.74, 6) is 6.38. The molecular weight excluding hydrogens is 260 g/mol. The number of ether oxygens (including phenoxy) is 1. The Morgan fingerprint density at radius 1 is 1.53 bits per heavy atom. The molecule has 2 rings (SSSR count). The van der Waals surface area contributed by atoms with Crippen molar-refractivity contribution in [1.82, 2.24) is 5.32 Å². The van der Waals surface area contributed by atoms with Gasteiger partial charge < -0.3 is 15.8 Å². The van der Waals surface area contributed by atoms with Gasteiger partial charge in [0.25, 0.3) is 5.91 Å². The van der Waals surface area contributed by atoms with Crippen LogP contribution in [-0.4, -0.2) is 32.2 Å². The molecule has 0 spiro atoms. The highest BCUT2D eigenvalue weighted by atomic mass is 32.1. The van der Waals surface area contributed by atoms with Crippen LogP contribution in [0, 0.1) is 17.8 Å². The molecule has 1 aliphatic carbocycles. The van der Waals surface area contributed by atoms with Gasteiger partial charge in [0, 0.05) is 13.2 Å². The minimum atomic E-state index is -0.0687. The molecule has 1 fully saturated rings. The van der Waals surface area contributed by atoms with E-state index in [1.54, 1.807) is 6.07 Å². The van der Waals surface area contributed by atoms with Gasteiger partial charge in [0.1, 0.15) is 0 Å². The lowest BCUT2D eigenvalue weighted by molar-refractivity contribution is 0.0910. The minimum Gasteiger partial charge on any atom is -0.379 e. The van der Waals surface area contributed by atoms with Crippen LogP contribution in [0.4, 0.5) is 0 Å². The van der Waals surface area contributed by atoms with Crippen LogP contribution in [0.1, 0.15) is 27.4 Å². The molecule has 1 aromatic rings. The maximum absolute atomic E-state index is 11.8. The van der Waals surface area contributed by atoms with E-state index in [0.29, 0.717) is 24.6 Å². The van der Waals surface area contributed by atoms with Gasteiger partial charge in [0.05, 0.1) is 22.9 Å².